The number of para-hydroxylation sites is 1. The maximum atomic E-state index is 12.5. The van der Waals surface area contributed by atoms with Gasteiger partial charge in [-0.1, -0.05) is 18.2 Å². The van der Waals surface area contributed by atoms with E-state index < -0.39 is 22.2 Å². The van der Waals surface area contributed by atoms with Gasteiger partial charge in [0.1, 0.15) is 0 Å². The molecule has 0 bridgehead atoms. The SMILES string of the molecule is COC(=O)Nc1ccc(S(=O)(=O)NC[C@H](O)c2cn(C)c3ccccc23)cc1. The van der Waals surface area contributed by atoms with Crippen LogP contribution >= 0.6 is 0 Å². The van der Waals surface area contributed by atoms with Crippen molar-refractivity contribution in [1.82, 2.24) is 9.29 Å². The Morgan fingerprint density at radius 1 is 1.18 bits per heavy atom. The number of benzene rings is 2. The number of hydrogen-bond acceptors (Lipinski definition) is 5. The maximum Gasteiger partial charge on any atom is 0.411 e. The van der Waals surface area contributed by atoms with Crippen LogP contribution in [0.2, 0.25) is 0 Å². The lowest BCUT2D eigenvalue weighted by molar-refractivity contribution is 0.183. The van der Waals surface area contributed by atoms with E-state index in [2.05, 4.69) is 14.8 Å². The molecule has 28 heavy (non-hydrogen) atoms. The Bertz CT molecular complexity index is 1090. The van der Waals surface area contributed by atoms with E-state index in [4.69, 9.17) is 0 Å². The molecule has 0 aliphatic rings. The molecule has 0 unspecified atom stereocenters. The van der Waals surface area contributed by atoms with Crippen LogP contribution in [0.1, 0.15) is 11.7 Å². The molecule has 1 amide bonds. The van der Waals surface area contributed by atoms with E-state index >= 15 is 0 Å². The zero-order valence-corrected chi connectivity index (χ0v) is 16.2. The van der Waals surface area contributed by atoms with Gasteiger partial charge in [-0.05, 0) is 30.3 Å². The summed E-state index contributed by atoms with van der Waals surface area (Å²) in [5.74, 6) is 0. The van der Waals surface area contributed by atoms with Crippen molar-refractivity contribution in [3.05, 3.63) is 60.3 Å². The first-order valence-electron chi connectivity index (χ1n) is 8.48. The summed E-state index contributed by atoms with van der Waals surface area (Å²) in [6, 6.07) is 13.2. The highest BCUT2D eigenvalue weighted by molar-refractivity contribution is 7.89. The molecule has 8 nitrogen and oxygen atoms in total. The number of carbonyl (C=O) groups is 1. The van der Waals surface area contributed by atoms with Crippen LogP contribution in [0.5, 0.6) is 0 Å². The molecule has 1 heterocycles. The Morgan fingerprint density at radius 2 is 1.86 bits per heavy atom. The van der Waals surface area contributed by atoms with Gasteiger partial charge >= 0.3 is 6.09 Å². The summed E-state index contributed by atoms with van der Waals surface area (Å²) in [7, 11) is -0.718. The molecule has 0 saturated carbocycles. The number of aromatic nitrogens is 1. The number of nitrogens with zero attached hydrogens (tertiary/aromatic N) is 1. The fourth-order valence-electron chi connectivity index (χ4n) is 2.91. The number of aryl methyl sites for hydroxylation is 1. The normalized spacial score (nSPS) is 12.7. The van der Waals surface area contributed by atoms with Crippen molar-refractivity contribution in [2.75, 3.05) is 19.0 Å². The van der Waals surface area contributed by atoms with Gasteiger partial charge in [0, 0.05) is 41.9 Å². The Morgan fingerprint density at radius 3 is 2.54 bits per heavy atom. The van der Waals surface area contributed by atoms with Gasteiger partial charge < -0.3 is 14.4 Å². The summed E-state index contributed by atoms with van der Waals surface area (Å²) in [6.07, 6.45) is 0.143. The lowest BCUT2D eigenvalue weighted by Gasteiger charge is -2.12. The molecule has 9 heteroatoms. The van der Waals surface area contributed by atoms with E-state index in [9.17, 15) is 18.3 Å². The number of carbonyl (C=O) groups excluding carboxylic acids is 1. The number of ether oxygens (including phenoxy) is 1. The molecule has 3 N–H and O–H groups in total. The van der Waals surface area contributed by atoms with Gasteiger partial charge in [0.2, 0.25) is 10.0 Å². The fraction of sp³-hybridized carbons (Fsp3) is 0.211. The van der Waals surface area contributed by atoms with Gasteiger partial charge in [-0.15, -0.1) is 0 Å². The number of hydrogen-bond donors (Lipinski definition) is 3. The van der Waals surface area contributed by atoms with E-state index in [-0.39, 0.29) is 11.4 Å². The van der Waals surface area contributed by atoms with Crippen LogP contribution in [0, 0.1) is 0 Å². The van der Waals surface area contributed by atoms with Gasteiger partial charge in [-0.3, -0.25) is 5.32 Å². The first-order valence-corrected chi connectivity index (χ1v) is 9.97. The first-order chi connectivity index (χ1) is 13.3. The molecule has 2 aromatic carbocycles. The van der Waals surface area contributed by atoms with Crippen molar-refractivity contribution >= 4 is 32.7 Å². The van der Waals surface area contributed by atoms with E-state index in [1.807, 2.05) is 35.9 Å². The molecular weight excluding hydrogens is 382 g/mol. The number of anilines is 1. The number of nitrogens with one attached hydrogen (secondary N) is 2. The highest BCUT2D eigenvalue weighted by atomic mass is 32.2. The number of aliphatic hydroxyl groups excluding tert-OH is 1. The minimum absolute atomic E-state index is 0.0213. The highest BCUT2D eigenvalue weighted by Gasteiger charge is 2.19. The molecule has 3 rings (SSSR count). The van der Waals surface area contributed by atoms with Crippen LogP contribution in [0.15, 0.2) is 59.6 Å². The lowest BCUT2D eigenvalue weighted by atomic mass is 10.1. The quantitative estimate of drug-likeness (QED) is 0.585. The topological polar surface area (TPSA) is 110 Å². The third-order valence-corrected chi connectivity index (χ3v) is 5.79. The Balaban J connectivity index is 1.71. The summed E-state index contributed by atoms with van der Waals surface area (Å²) >= 11 is 0. The molecular formula is C19H21N3O5S. The van der Waals surface area contributed by atoms with Crippen LogP contribution in [0.4, 0.5) is 10.5 Å². The zero-order valence-electron chi connectivity index (χ0n) is 15.4. The minimum Gasteiger partial charge on any atom is -0.453 e. The largest absolute Gasteiger partial charge is 0.453 e. The standard InChI is InChI=1S/C19H21N3O5S/c1-22-12-16(15-5-3-4-6-17(15)22)18(23)11-20-28(25,26)14-9-7-13(8-10-14)21-19(24)27-2/h3-10,12,18,20,23H,11H2,1-2H3,(H,21,24)/t18-/m0/s1. The van der Waals surface area contributed by atoms with Crippen molar-refractivity contribution in [1.29, 1.82) is 0 Å². The smallest absolute Gasteiger partial charge is 0.411 e. The Labute approximate surface area is 162 Å². The second-order valence-corrected chi connectivity index (χ2v) is 7.99. The summed E-state index contributed by atoms with van der Waals surface area (Å²) in [5, 5.41) is 13.8. The van der Waals surface area contributed by atoms with E-state index in [0.717, 1.165) is 10.9 Å². The minimum atomic E-state index is -3.82. The monoisotopic (exact) mass is 403 g/mol. The predicted octanol–water partition coefficient (Wildman–Crippen LogP) is 2.37. The van der Waals surface area contributed by atoms with Crippen molar-refractivity contribution in [3.8, 4) is 0 Å². The van der Waals surface area contributed by atoms with Crippen LogP contribution in [-0.2, 0) is 21.8 Å². The second-order valence-electron chi connectivity index (χ2n) is 6.22. The van der Waals surface area contributed by atoms with Crippen LogP contribution in [0.3, 0.4) is 0 Å². The number of methoxy groups -OCH3 is 1. The van der Waals surface area contributed by atoms with Gasteiger partial charge in [-0.2, -0.15) is 0 Å². The third-order valence-electron chi connectivity index (χ3n) is 4.35. The summed E-state index contributed by atoms with van der Waals surface area (Å²) in [4.78, 5) is 11.2. The number of rotatable bonds is 6. The van der Waals surface area contributed by atoms with E-state index in [1.54, 1.807) is 6.20 Å². The molecule has 0 fully saturated rings. The number of amides is 1. The zero-order chi connectivity index (χ0) is 20.3. The van der Waals surface area contributed by atoms with Crippen LogP contribution < -0.4 is 10.0 Å². The van der Waals surface area contributed by atoms with Crippen molar-refractivity contribution in [2.45, 2.75) is 11.0 Å². The molecule has 0 radical (unpaired) electrons. The fourth-order valence-corrected chi connectivity index (χ4v) is 3.95. The average molecular weight is 403 g/mol. The molecule has 148 valence electrons. The van der Waals surface area contributed by atoms with Gasteiger partial charge in [0.25, 0.3) is 0 Å². The molecule has 0 spiro atoms. The van der Waals surface area contributed by atoms with Crippen molar-refractivity contribution < 1.29 is 23.1 Å². The highest BCUT2D eigenvalue weighted by Crippen LogP contribution is 2.26. The van der Waals surface area contributed by atoms with Crippen LogP contribution in [0.25, 0.3) is 10.9 Å². The molecule has 1 atom stereocenters. The Kier molecular flexibility index (Phi) is 5.68. The Hall–Kier alpha value is -2.88. The lowest BCUT2D eigenvalue weighted by Crippen LogP contribution is -2.28. The molecule has 3 aromatic rings. The van der Waals surface area contributed by atoms with E-state index in [1.165, 1.54) is 31.4 Å². The summed E-state index contributed by atoms with van der Waals surface area (Å²) in [5.41, 5.74) is 2.01. The third kappa shape index (κ3) is 4.16. The average Bonchev–Trinajstić information content (AvgIpc) is 3.03. The maximum absolute atomic E-state index is 12.5. The van der Waals surface area contributed by atoms with E-state index in [0.29, 0.717) is 11.3 Å². The van der Waals surface area contributed by atoms with Crippen LogP contribution in [-0.4, -0.2) is 37.8 Å². The van der Waals surface area contributed by atoms with Gasteiger partial charge in [0.15, 0.2) is 0 Å². The molecule has 1 aromatic heterocycles. The summed E-state index contributed by atoms with van der Waals surface area (Å²) in [6.45, 7) is -0.168. The first kappa shape index (κ1) is 19.9. The number of sulfonamides is 1. The van der Waals surface area contributed by atoms with Gasteiger partial charge in [-0.25, -0.2) is 17.9 Å². The van der Waals surface area contributed by atoms with Gasteiger partial charge in [0.05, 0.1) is 18.1 Å². The number of fused-ring (bicyclic) bond motifs is 1. The molecule has 0 aliphatic carbocycles. The van der Waals surface area contributed by atoms with Crippen molar-refractivity contribution in [3.63, 3.8) is 0 Å². The molecule has 0 aliphatic heterocycles. The summed E-state index contributed by atoms with van der Waals surface area (Å²) < 4.78 is 33.8. The molecule has 0 saturated heterocycles. The van der Waals surface area contributed by atoms with Crippen molar-refractivity contribution in [2.24, 2.45) is 7.05 Å². The second kappa shape index (κ2) is 8.01. The predicted molar refractivity (Wildman–Crippen MR) is 106 cm³/mol. The number of aliphatic hydroxyl groups is 1.